The van der Waals surface area contributed by atoms with Crippen molar-refractivity contribution < 1.29 is 8.42 Å². The third-order valence-corrected chi connectivity index (χ3v) is 5.13. The molecule has 3 N–H and O–H groups in total. The molecule has 1 rings (SSSR count). The van der Waals surface area contributed by atoms with Gasteiger partial charge in [-0.25, -0.2) is 13.1 Å². The van der Waals surface area contributed by atoms with E-state index in [-0.39, 0.29) is 22.4 Å². The van der Waals surface area contributed by atoms with Crippen molar-refractivity contribution in [1.29, 1.82) is 5.26 Å². The van der Waals surface area contributed by atoms with E-state index in [4.69, 9.17) is 11.0 Å². The van der Waals surface area contributed by atoms with Crippen molar-refractivity contribution in [2.45, 2.75) is 44.6 Å². The molecule has 0 spiro atoms. The second-order valence-corrected chi connectivity index (χ2v) is 6.54. The molecular formula is C14H21N3O2S. The third-order valence-electron chi connectivity index (χ3n) is 3.51. The van der Waals surface area contributed by atoms with E-state index in [0.717, 1.165) is 12.8 Å². The van der Waals surface area contributed by atoms with Gasteiger partial charge in [0.25, 0.3) is 0 Å². The first-order valence-corrected chi connectivity index (χ1v) is 8.16. The predicted molar refractivity (Wildman–Crippen MR) is 79.4 cm³/mol. The van der Waals surface area contributed by atoms with Gasteiger partial charge in [-0.15, -0.1) is 0 Å². The summed E-state index contributed by atoms with van der Waals surface area (Å²) in [4.78, 5) is -0.0213. The Bertz CT molecular complexity index is 601. The zero-order chi connectivity index (χ0) is 15.3. The molecule has 0 saturated carbocycles. The van der Waals surface area contributed by atoms with E-state index in [0.29, 0.717) is 5.69 Å². The number of rotatable bonds is 6. The zero-order valence-corrected chi connectivity index (χ0v) is 12.9. The summed E-state index contributed by atoms with van der Waals surface area (Å²) < 4.78 is 27.4. The number of hydrogen-bond acceptors (Lipinski definition) is 4. The van der Waals surface area contributed by atoms with Crippen molar-refractivity contribution in [2.24, 2.45) is 5.92 Å². The third kappa shape index (κ3) is 3.71. The predicted octanol–water partition coefficient (Wildman–Crippen LogP) is 2.24. The Hall–Kier alpha value is -1.58. The molecule has 1 aromatic carbocycles. The Morgan fingerprint density at radius 2 is 1.95 bits per heavy atom. The fourth-order valence-electron chi connectivity index (χ4n) is 2.27. The zero-order valence-electron chi connectivity index (χ0n) is 12.1. The number of nitrogens with zero attached hydrogens (tertiary/aromatic N) is 1. The summed E-state index contributed by atoms with van der Waals surface area (Å²) in [6.45, 7) is 5.91. The highest BCUT2D eigenvalue weighted by Crippen LogP contribution is 2.20. The number of anilines is 1. The Morgan fingerprint density at radius 3 is 2.45 bits per heavy atom. The quantitative estimate of drug-likeness (QED) is 0.787. The maximum absolute atomic E-state index is 12.4. The fourth-order valence-corrected chi connectivity index (χ4v) is 3.72. The molecule has 6 heteroatoms. The Kier molecular flexibility index (Phi) is 5.54. The lowest BCUT2D eigenvalue weighted by atomic mass is 9.96. The number of sulfonamides is 1. The van der Waals surface area contributed by atoms with Crippen molar-refractivity contribution in [1.82, 2.24) is 4.72 Å². The highest BCUT2D eigenvalue weighted by atomic mass is 32.2. The molecular weight excluding hydrogens is 274 g/mol. The van der Waals surface area contributed by atoms with Crippen LogP contribution in [-0.2, 0) is 10.0 Å². The highest BCUT2D eigenvalue weighted by Gasteiger charge is 2.24. The van der Waals surface area contributed by atoms with Crippen molar-refractivity contribution in [3.63, 3.8) is 0 Å². The van der Waals surface area contributed by atoms with E-state index in [1.165, 1.54) is 18.2 Å². The number of nitrogens with one attached hydrogen (secondary N) is 1. The van der Waals surface area contributed by atoms with Gasteiger partial charge < -0.3 is 5.73 Å². The van der Waals surface area contributed by atoms with Gasteiger partial charge in [0.2, 0.25) is 10.0 Å². The Morgan fingerprint density at radius 1 is 1.35 bits per heavy atom. The summed E-state index contributed by atoms with van der Waals surface area (Å²) in [5, 5.41) is 9.04. The average molecular weight is 295 g/mol. The largest absolute Gasteiger partial charge is 0.399 e. The van der Waals surface area contributed by atoms with Gasteiger partial charge in [0.15, 0.2) is 0 Å². The molecule has 0 fully saturated rings. The highest BCUT2D eigenvalue weighted by molar-refractivity contribution is 7.89. The van der Waals surface area contributed by atoms with Crippen LogP contribution in [0.5, 0.6) is 0 Å². The molecule has 0 radical (unpaired) electrons. The van der Waals surface area contributed by atoms with Crippen molar-refractivity contribution >= 4 is 15.7 Å². The first kappa shape index (κ1) is 16.5. The smallest absolute Gasteiger partial charge is 0.242 e. The van der Waals surface area contributed by atoms with Crippen LogP contribution in [-0.4, -0.2) is 14.5 Å². The molecule has 0 aliphatic heterocycles. The minimum atomic E-state index is -3.71. The van der Waals surface area contributed by atoms with Crippen LogP contribution in [0.1, 0.15) is 39.2 Å². The Labute approximate surface area is 120 Å². The molecule has 0 amide bonds. The van der Waals surface area contributed by atoms with E-state index < -0.39 is 10.0 Å². The van der Waals surface area contributed by atoms with Crippen molar-refractivity contribution in [2.75, 3.05) is 5.73 Å². The maximum atomic E-state index is 12.4. The normalized spacial score (nSPS) is 13.2. The summed E-state index contributed by atoms with van der Waals surface area (Å²) in [5.41, 5.74) is 6.01. The maximum Gasteiger partial charge on any atom is 0.242 e. The van der Waals surface area contributed by atoms with Crippen LogP contribution in [0.4, 0.5) is 5.69 Å². The SMILES string of the molecule is CCC(CC)C(C)NS(=O)(=O)c1ccc(N)cc1C#N. The fraction of sp³-hybridized carbons (Fsp3) is 0.500. The van der Waals surface area contributed by atoms with Crippen molar-refractivity contribution in [3.8, 4) is 6.07 Å². The first-order valence-electron chi connectivity index (χ1n) is 6.67. The van der Waals surface area contributed by atoms with E-state index in [9.17, 15) is 8.42 Å². The van der Waals surface area contributed by atoms with Crippen LogP contribution in [0.15, 0.2) is 23.1 Å². The van der Waals surface area contributed by atoms with Crippen molar-refractivity contribution in [3.05, 3.63) is 23.8 Å². The van der Waals surface area contributed by atoms with Crippen LogP contribution in [0.3, 0.4) is 0 Å². The van der Waals surface area contributed by atoms with E-state index in [1.807, 2.05) is 26.8 Å². The molecule has 0 aliphatic rings. The molecule has 1 unspecified atom stereocenters. The topological polar surface area (TPSA) is 96.0 Å². The minimum Gasteiger partial charge on any atom is -0.399 e. The van der Waals surface area contributed by atoms with Gasteiger partial charge in [0.1, 0.15) is 6.07 Å². The summed E-state index contributed by atoms with van der Waals surface area (Å²) in [6, 6.07) is 5.92. The first-order chi connectivity index (χ1) is 9.35. The molecule has 20 heavy (non-hydrogen) atoms. The molecule has 0 heterocycles. The number of nitriles is 1. The summed E-state index contributed by atoms with van der Waals surface area (Å²) >= 11 is 0. The molecule has 0 bridgehead atoms. The lowest BCUT2D eigenvalue weighted by Crippen LogP contribution is -2.38. The van der Waals surface area contributed by atoms with Gasteiger partial charge >= 0.3 is 0 Å². The second kappa shape index (κ2) is 6.73. The second-order valence-electron chi connectivity index (χ2n) is 4.85. The number of hydrogen-bond donors (Lipinski definition) is 2. The molecule has 1 atom stereocenters. The number of benzene rings is 1. The summed E-state index contributed by atoms with van der Waals surface area (Å²) in [7, 11) is -3.71. The van der Waals surface area contributed by atoms with Crippen LogP contribution in [0.25, 0.3) is 0 Å². The molecule has 1 aromatic rings. The lowest BCUT2D eigenvalue weighted by Gasteiger charge is -2.22. The Balaban J connectivity index is 3.09. The molecule has 0 aromatic heterocycles. The standard InChI is InChI=1S/C14H21N3O2S/c1-4-11(5-2)10(3)17-20(18,19)14-7-6-13(16)8-12(14)9-15/h6-8,10-11,17H,4-5,16H2,1-3H3. The summed E-state index contributed by atoms with van der Waals surface area (Å²) in [5.74, 6) is 0.268. The summed E-state index contributed by atoms with van der Waals surface area (Å²) in [6.07, 6.45) is 1.79. The molecule has 0 aliphatic carbocycles. The minimum absolute atomic E-state index is 0.0213. The van der Waals surface area contributed by atoms with Gasteiger partial charge in [-0.1, -0.05) is 26.7 Å². The molecule has 0 saturated heterocycles. The van der Waals surface area contributed by atoms with Crippen LogP contribution < -0.4 is 10.5 Å². The van der Waals surface area contributed by atoms with E-state index in [2.05, 4.69) is 4.72 Å². The van der Waals surface area contributed by atoms with E-state index in [1.54, 1.807) is 0 Å². The molecule has 110 valence electrons. The average Bonchev–Trinajstić information content (AvgIpc) is 2.38. The number of nitrogen functional groups attached to an aromatic ring is 1. The number of nitrogens with two attached hydrogens (primary N) is 1. The van der Waals surface area contributed by atoms with Gasteiger partial charge in [0, 0.05) is 11.7 Å². The molecule has 5 nitrogen and oxygen atoms in total. The van der Waals surface area contributed by atoms with Gasteiger partial charge in [-0.05, 0) is 31.0 Å². The van der Waals surface area contributed by atoms with Gasteiger partial charge in [-0.2, -0.15) is 5.26 Å². The van der Waals surface area contributed by atoms with Gasteiger partial charge in [0.05, 0.1) is 10.5 Å². The van der Waals surface area contributed by atoms with Gasteiger partial charge in [-0.3, -0.25) is 0 Å². The van der Waals surface area contributed by atoms with Crippen LogP contribution in [0, 0.1) is 17.2 Å². The van der Waals surface area contributed by atoms with E-state index >= 15 is 0 Å². The lowest BCUT2D eigenvalue weighted by molar-refractivity contribution is 0.390. The van der Waals surface area contributed by atoms with Crippen LogP contribution >= 0.6 is 0 Å². The van der Waals surface area contributed by atoms with Crippen LogP contribution in [0.2, 0.25) is 0 Å². The monoisotopic (exact) mass is 295 g/mol.